The molecule has 0 fully saturated rings. The highest BCUT2D eigenvalue weighted by molar-refractivity contribution is 5.21. The van der Waals surface area contributed by atoms with E-state index in [1.807, 2.05) is 18.7 Å². The van der Waals surface area contributed by atoms with Crippen molar-refractivity contribution in [3.63, 3.8) is 0 Å². The Morgan fingerprint density at radius 3 is 3.00 bits per heavy atom. The molecule has 3 rings (SSSR count). The van der Waals surface area contributed by atoms with Gasteiger partial charge < -0.3 is 4.57 Å². The van der Waals surface area contributed by atoms with Gasteiger partial charge in [-0.1, -0.05) is 6.07 Å². The highest BCUT2D eigenvalue weighted by atomic mass is 15.1. The van der Waals surface area contributed by atoms with E-state index >= 15 is 0 Å². The van der Waals surface area contributed by atoms with Crippen LogP contribution in [0, 0.1) is 6.92 Å². The summed E-state index contributed by atoms with van der Waals surface area (Å²) >= 11 is 0. The summed E-state index contributed by atoms with van der Waals surface area (Å²) in [5.74, 6) is 0. The number of aromatic nitrogens is 3. The lowest BCUT2D eigenvalue weighted by Crippen LogP contribution is -2.09. The quantitative estimate of drug-likeness (QED) is 0.789. The summed E-state index contributed by atoms with van der Waals surface area (Å²) in [5.41, 5.74) is 5.21. The number of nitrogens with zero attached hydrogens (tertiary/aromatic N) is 3. The van der Waals surface area contributed by atoms with Crippen molar-refractivity contribution in [1.29, 1.82) is 0 Å². The molecule has 88 valence electrons. The third kappa shape index (κ3) is 2.09. The van der Waals surface area contributed by atoms with Gasteiger partial charge in [-0.15, -0.1) is 0 Å². The zero-order valence-electron chi connectivity index (χ0n) is 10.2. The van der Waals surface area contributed by atoms with Crippen LogP contribution < -0.4 is 0 Å². The molecule has 1 aliphatic carbocycles. The maximum atomic E-state index is 4.52. The van der Waals surface area contributed by atoms with E-state index < -0.39 is 0 Å². The van der Waals surface area contributed by atoms with Gasteiger partial charge in [-0.25, -0.2) is 4.98 Å². The standard InChI is InChI=1S/C14H17N3/c1-11-6-12(8-15-7-11)9-17-10-16-13-4-2-3-5-14(13)17/h6-8,10H,2-5,9H2,1H3. The molecule has 0 amide bonds. The Bertz CT molecular complexity index is 528. The first-order valence-electron chi connectivity index (χ1n) is 6.26. The fourth-order valence-corrected chi connectivity index (χ4v) is 2.57. The number of rotatable bonds is 2. The van der Waals surface area contributed by atoms with Crippen LogP contribution in [0.4, 0.5) is 0 Å². The molecule has 0 radical (unpaired) electrons. The molecule has 17 heavy (non-hydrogen) atoms. The van der Waals surface area contributed by atoms with Crippen LogP contribution in [-0.2, 0) is 19.4 Å². The molecule has 0 aromatic carbocycles. The largest absolute Gasteiger partial charge is 0.330 e. The molecule has 0 saturated heterocycles. The molecule has 0 atom stereocenters. The van der Waals surface area contributed by atoms with E-state index in [9.17, 15) is 0 Å². The van der Waals surface area contributed by atoms with E-state index in [1.165, 1.54) is 41.8 Å². The fourth-order valence-electron chi connectivity index (χ4n) is 2.57. The maximum absolute atomic E-state index is 4.52. The van der Waals surface area contributed by atoms with E-state index in [2.05, 4.69) is 27.5 Å². The molecular formula is C14H17N3. The van der Waals surface area contributed by atoms with Gasteiger partial charge in [0.2, 0.25) is 0 Å². The first kappa shape index (κ1) is 10.5. The van der Waals surface area contributed by atoms with Gasteiger partial charge in [-0.3, -0.25) is 4.98 Å². The highest BCUT2D eigenvalue weighted by Crippen LogP contribution is 2.20. The van der Waals surface area contributed by atoms with Crippen molar-refractivity contribution in [2.45, 2.75) is 39.2 Å². The van der Waals surface area contributed by atoms with Gasteiger partial charge in [0, 0.05) is 18.1 Å². The van der Waals surface area contributed by atoms with Gasteiger partial charge in [0.15, 0.2) is 0 Å². The molecular weight excluding hydrogens is 210 g/mol. The molecule has 2 heterocycles. The highest BCUT2D eigenvalue weighted by Gasteiger charge is 2.14. The van der Waals surface area contributed by atoms with Crippen molar-refractivity contribution < 1.29 is 0 Å². The molecule has 0 unspecified atom stereocenters. The van der Waals surface area contributed by atoms with E-state index in [4.69, 9.17) is 0 Å². The third-order valence-corrected chi connectivity index (χ3v) is 3.39. The van der Waals surface area contributed by atoms with Crippen LogP contribution in [0.3, 0.4) is 0 Å². The number of hydrogen-bond acceptors (Lipinski definition) is 2. The minimum absolute atomic E-state index is 0.900. The maximum Gasteiger partial charge on any atom is 0.0954 e. The van der Waals surface area contributed by atoms with Crippen LogP contribution in [0.2, 0.25) is 0 Å². The molecule has 0 saturated carbocycles. The van der Waals surface area contributed by atoms with Crippen molar-refractivity contribution in [3.8, 4) is 0 Å². The number of aryl methyl sites for hydroxylation is 2. The Morgan fingerprint density at radius 2 is 2.12 bits per heavy atom. The first-order valence-corrected chi connectivity index (χ1v) is 6.26. The zero-order valence-corrected chi connectivity index (χ0v) is 10.2. The Kier molecular flexibility index (Phi) is 2.67. The summed E-state index contributed by atoms with van der Waals surface area (Å²) in [7, 11) is 0. The second kappa shape index (κ2) is 4.32. The monoisotopic (exact) mass is 227 g/mol. The molecule has 0 bridgehead atoms. The van der Waals surface area contributed by atoms with Crippen LogP contribution in [0.5, 0.6) is 0 Å². The Labute approximate surface area is 102 Å². The average Bonchev–Trinajstić information content (AvgIpc) is 2.73. The summed E-state index contributed by atoms with van der Waals surface area (Å²) in [5, 5.41) is 0. The number of imidazole rings is 1. The SMILES string of the molecule is Cc1cncc(Cn2cnc3c2CCCC3)c1. The van der Waals surface area contributed by atoms with E-state index in [1.54, 1.807) is 0 Å². The van der Waals surface area contributed by atoms with Crippen molar-refractivity contribution in [2.75, 3.05) is 0 Å². The summed E-state index contributed by atoms with van der Waals surface area (Å²) in [6, 6.07) is 2.20. The molecule has 3 nitrogen and oxygen atoms in total. The Morgan fingerprint density at radius 1 is 1.24 bits per heavy atom. The fraction of sp³-hybridized carbons (Fsp3) is 0.429. The first-order chi connectivity index (χ1) is 8.33. The second-order valence-electron chi connectivity index (χ2n) is 4.84. The van der Waals surface area contributed by atoms with Gasteiger partial charge in [0.1, 0.15) is 0 Å². The van der Waals surface area contributed by atoms with Gasteiger partial charge in [-0.05, 0) is 43.7 Å². The molecule has 3 heteroatoms. The predicted molar refractivity (Wildman–Crippen MR) is 66.9 cm³/mol. The van der Waals surface area contributed by atoms with Crippen LogP contribution in [0.25, 0.3) is 0 Å². The summed E-state index contributed by atoms with van der Waals surface area (Å²) in [6.45, 7) is 2.98. The topological polar surface area (TPSA) is 30.7 Å². The normalized spacial score (nSPS) is 14.6. The molecule has 0 aliphatic heterocycles. The van der Waals surface area contributed by atoms with Crippen molar-refractivity contribution >= 4 is 0 Å². The predicted octanol–water partition coefficient (Wildman–Crippen LogP) is 2.51. The minimum Gasteiger partial charge on any atom is -0.330 e. The van der Waals surface area contributed by atoms with E-state index in [0.717, 1.165) is 13.0 Å². The lowest BCUT2D eigenvalue weighted by atomic mass is 10.0. The van der Waals surface area contributed by atoms with E-state index in [0.29, 0.717) is 0 Å². The van der Waals surface area contributed by atoms with Gasteiger partial charge >= 0.3 is 0 Å². The van der Waals surface area contributed by atoms with Crippen LogP contribution in [0.15, 0.2) is 24.8 Å². The van der Waals surface area contributed by atoms with Crippen molar-refractivity contribution in [3.05, 3.63) is 47.3 Å². The Hall–Kier alpha value is -1.64. The molecule has 0 spiro atoms. The van der Waals surface area contributed by atoms with Crippen LogP contribution >= 0.6 is 0 Å². The van der Waals surface area contributed by atoms with Crippen molar-refractivity contribution in [2.24, 2.45) is 0 Å². The number of fused-ring (bicyclic) bond motifs is 1. The summed E-state index contributed by atoms with van der Waals surface area (Å²) in [4.78, 5) is 8.76. The Balaban J connectivity index is 1.88. The van der Waals surface area contributed by atoms with Crippen LogP contribution in [0.1, 0.15) is 35.4 Å². The third-order valence-electron chi connectivity index (χ3n) is 3.39. The average molecular weight is 227 g/mol. The summed E-state index contributed by atoms with van der Waals surface area (Å²) in [6.07, 6.45) is 10.7. The van der Waals surface area contributed by atoms with Gasteiger partial charge in [0.05, 0.1) is 18.6 Å². The number of hydrogen-bond donors (Lipinski definition) is 0. The smallest absolute Gasteiger partial charge is 0.0954 e. The van der Waals surface area contributed by atoms with Gasteiger partial charge in [-0.2, -0.15) is 0 Å². The molecule has 1 aliphatic rings. The van der Waals surface area contributed by atoms with E-state index in [-0.39, 0.29) is 0 Å². The lowest BCUT2D eigenvalue weighted by Gasteiger charge is -2.14. The van der Waals surface area contributed by atoms with Crippen molar-refractivity contribution in [1.82, 2.24) is 14.5 Å². The number of pyridine rings is 1. The second-order valence-corrected chi connectivity index (χ2v) is 4.84. The minimum atomic E-state index is 0.900. The van der Waals surface area contributed by atoms with Crippen LogP contribution in [-0.4, -0.2) is 14.5 Å². The molecule has 0 N–H and O–H groups in total. The summed E-state index contributed by atoms with van der Waals surface area (Å²) < 4.78 is 2.28. The zero-order chi connectivity index (χ0) is 11.7. The van der Waals surface area contributed by atoms with Gasteiger partial charge in [0.25, 0.3) is 0 Å². The lowest BCUT2D eigenvalue weighted by molar-refractivity contribution is 0.628. The molecule has 2 aromatic rings. The molecule has 2 aromatic heterocycles.